The Morgan fingerprint density at radius 2 is 1.64 bits per heavy atom. The summed E-state index contributed by atoms with van der Waals surface area (Å²) in [6.45, 7) is 6.13. The number of ether oxygens (including phenoxy) is 1. The highest BCUT2D eigenvalue weighted by Gasteiger charge is 2.66. The minimum atomic E-state index is -2.92. The lowest BCUT2D eigenvalue weighted by molar-refractivity contribution is -0.145. The van der Waals surface area contributed by atoms with Gasteiger partial charge in [0.15, 0.2) is 13.9 Å². The molecule has 4 aromatic carbocycles. The Kier molecular flexibility index (Phi) is 8.99. The van der Waals surface area contributed by atoms with Crippen molar-refractivity contribution in [1.82, 2.24) is 15.0 Å². The molecule has 0 aliphatic carbocycles. The molecule has 2 amide bonds. The highest BCUT2D eigenvalue weighted by atomic mass is 28.4. The van der Waals surface area contributed by atoms with Crippen molar-refractivity contribution in [3.05, 3.63) is 138 Å². The fourth-order valence-electron chi connectivity index (χ4n) is 7.87. The molecule has 10 nitrogen and oxygen atoms in total. The number of amides is 2. The number of nitrogens with one attached hydrogen (secondary N) is 1. The second-order valence-corrected chi connectivity index (χ2v) is 17.7. The van der Waals surface area contributed by atoms with E-state index >= 15 is 0 Å². The summed E-state index contributed by atoms with van der Waals surface area (Å²) in [5, 5.41) is 21.9. The topological polar surface area (TPSA) is 130 Å². The molecule has 5 atom stereocenters. The maximum absolute atomic E-state index is 14.9. The average molecular weight is 688 g/mol. The van der Waals surface area contributed by atoms with Crippen molar-refractivity contribution in [2.75, 3.05) is 16.8 Å². The molecule has 0 saturated carbocycles. The number of aliphatic hydroxyl groups excluding tert-OH is 1. The van der Waals surface area contributed by atoms with E-state index < -0.39 is 20.0 Å². The first-order valence-corrected chi connectivity index (χ1v) is 20.0. The van der Waals surface area contributed by atoms with Gasteiger partial charge in [-0.1, -0.05) is 78.9 Å². The van der Waals surface area contributed by atoms with Crippen LogP contribution < -0.4 is 10.2 Å². The van der Waals surface area contributed by atoms with Crippen molar-refractivity contribution in [1.29, 1.82) is 0 Å². The van der Waals surface area contributed by atoms with E-state index in [2.05, 4.69) is 15.6 Å². The third-order valence-electron chi connectivity index (χ3n) is 10.1. The highest BCUT2D eigenvalue weighted by molar-refractivity contribution is 6.71. The lowest BCUT2D eigenvalue weighted by atomic mass is 9.82. The highest BCUT2D eigenvalue weighted by Crippen LogP contribution is 2.61. The van der Waals surface area contributed by atoms with Crippen LogP contribution in [0, 0.1) is 5.92 Å². The van der Waals surface area contributed by atoms with Crippen LogP contribution in [0.25, 0.3) is 0 Å². The molecular formula is C39H41N5O5Si. The van der Waals surface area contributed by atoms with Gasteiger partial charge in [-0.2, -0.15) is 0 Å². The quantitative estimate of drug-likeness (QED) is 0.149. The summed E-state index contributed by atoms with van der Waals surface area (Å²) in [5.41, 5.74) is 3.03. The summed E-state index contributed by atoms with van der Waals surface area (Å²) in [6.07, 6.45) is 1.85. The van der Waals surface area contributed by atoms with Gasteiger partial charge in [-0.25, -0.2) is 0 Å². The van der Waals surface area contributed by atoms with Crippen molar-refractivity contribution in [2.45, 2.75) is 56.1 Å². The van der Waals surface area contributed by atoms with E-state index in [1.165, 1.54) is 0 Å². The number of hydrogen-bond donors (Lipinski definition) is 3. The number of aromatic nitrogens is 3. The largest absolute Gasteiger partial charge is 0.432 e. The molecule has 7 rings (SSSR count). The minimum absolute atomic E-state index is 0.103. The molecule has 3 N–H and O–H groups in total. The average Bonchev–Trinajstić information content (AvgIpc) is 3.78. The maximum atomic E-state index is 14.9. The molecule has 1 aromatic heterocycles. The number of rotatable bonds is 10. The van der Waals surface area contributed by atoms with Gasteiger partial charge in [0.1, 0.15) is 0 Å². The number of nitrogens with zero attached hydrogens (tertiary/aromatic N) is 4. The van der Waals surface area contributed by atoms with Crippen LogP contribution in [-0.2, 0) is 21.7 Å². The van der Waals surface area contributed by atoms with Crippen LogP contribution in [-0.4, -0.2) is 57.7 Å². The van der Waals surface area contributed by atoms with Gasteiger partial charge in [0.05, 0.1) is 30.0 Å². The van der Waals surface area contributed by atoms with Crippen molar-refractivity contribution in [3.8, 4) is 0 Å². The number of aryl methyl sites for hydroxylation is 1. The Hall–Kier alpha value is -4.94. The Morgan fingerprint density at radius 3 is 2.30 bits per heavy atom. The van der Waals surface area contributed by atoms with Crippen molar-refractivity contribution >= 4 is 37.2 Å². The number of benzene rings is 4. The number of fused-ring (bicyclic) bond motifs is 2. The van der Waals surface area contributed by atoms with E-state index in [-0.39, 0.29) is 35.8 Å². The molecule has 3 heterocycles. The molecule has 1 saturated heterocycles. The monoisotopic (exact) mass is 687 g/mol. The number of carbonyl (C=O) groups excluding carboxylic acids is 2. The SMILES string of the molecule is C[C@@H]1[C@@H]([Si](C)(C)O)[C@H](CCn2cc(C(CO)c3ccccc3)nn2)O[C@@]12C(=O)N(c1ccccc1)c1ccc(NC(=O)c3ccccc3)cc12. The van der Waals surface area contributed by atoms with Gasteiger partial charge >= 0.3 is 0 Å². The summed E-state index contributed by atoms with van der Waals surface area (Å²) >= 11 is 0. The van der Waals surface area contributed by atoms with Gasteiger partial charge in [0.2, 0.25) is 0 Å². The molecule has 1 fully saturated rings. The Bertz CT molecular complexity index is 1980. The van der Waals surface area contributed by atoms with E-state index in [1.54, 1.807) is 27.8 Å². The summed E-state index contributed by atoms with van der Waals surface area (Å²) in [7, 11) is -2.92. The summed E-state index contributed by atoms with van der Waals surface area (Å²) in [6, 6.07) is 33.7. The van der Waals surface area contributed by atoms with Gasteiger partial charge in [-0.15, -0.1) is 5.10 Å². The summed E-state index contributed by atoms with van der Waals surface area (Å²) in [5.74, 6) is -1.17. The van der Waals surface area contributed by atoms with Crippen molar-refractivity contribution in [3.63, 3.8) is 0 Å². The van der Waals surface area contributed by atoms with Crippen molar-refractivity contribution < 1.29 is 24.2 Å². The number of hydrogen-bond acceptors (Lipinski definition) is 7. The third-order valence-corrected chi connectivity index (χ3v) is 12.6. The van der Waals surface area contributed by atoms with Gasteiger partial charge in [0, 0.05) is 46.7 Å². The first-order valence-electron chi connectivity index (χ1n) is 17.0. The van der Waals surface area contributed by atoms with Crippen LogP contribution in [0.2, 0.25) is 18.6 Å². The molecule has 2 aliphatic rings. The molecule has 1 unspecified atom stereocenters. The maximum Gasteiger partial charge on any atom is 0.268 e. The van der Waals surface area contributed by atoms with Crippen LogP contribution in [0.15, 0.2) is 115 Å². The van der Waals surface area contributed by atoms with Gasteiger partial charge in [-0.05, 0) is 67.5 Å². The predicted octanol–water partition coefficient (Wildman–Crippen LogP) is 6.22. The number of anilines is 3. The van der Waals surface area contributed by atoms with E-state index in [9.17, 15) is 19.5 Å². The van der Waals surface area contributed by atoms with Crippen LogP contribution >= 0.6 is 0 Å². The molecule has 256 valence electrons. The number of aliphatic hydroxyl groups is 1. The van der Waals surface area contributed by atoms with Crippen LogP contribution in [0.5, 0.6) is 0 Å². The van der Waals surface area contributed by atoms with Crippen LogP contribution in [0.4, 0.5) is 17.1 Å². The molecule has 0 radical (unpaired) electrons. The minimum Gasteiger partial charge on any atom is -0.432 e. The van der Waals surface area contributed by atoms with Gasteiger partial charge in [-0.3, -0.25) is 19.2 Å². The lowest BCUT2D eigenvalue weighted by Crippen LogP contribution is -2.45. The first kappa shape index (κ1) is 33.5. The lowest BCUT2D eigenvalue weighted by Gasteiger charge is -2.32. The van der Waals surface area contributed by atoms with Crippen molar-refractivity contribution in [2.24, 2.45) is 5.92 Å². The Morgan fingerprint density at radius 1 is 0.980 bits per heavy atom. The molecular weight excluding hydrogens is 647 g/mol. The second kappa shape index (κ2) is 13.4. The second-order valence-electron chi connectivity index (χ2n) is 13.7. The fraction of sp³-hybridized carbons (Fsp3) is 0.282. The number of carbonyl (C=O) groups is 2. The van der Waals surface area contributed by atoms with E-state index in [4.69, 9.17) is 4.74 Å². The first-order chi connectivity index (χ1) is 24.1. The summed E-state index contributed by atoms with van der Waals surface area (Å²) in [4.78, 5) is 41.5. The van der Waals surface area contributed by atoms with Gasteiger partial charge < -0.3 is 20.0 Å². The zero-order chi connectivity index (χ0) is 35.0. The normalized spacial score (nSPS) is 22.1. The molecule has 11 heteroatoms. The molecule has 2 aliphatic heterocycles. The molecule has 50 heavy (non-hydrogen) atoms. The summed E-state index contributed by atoms with van der Waals surface area (Å²) < 4.78 is 8.77. The van der Waals surface area contributed by atoms with E-state index in [0.29, 0.717) is 46.8 Å². The van der Waals surface area contributed by atoms with E-state index in [1.807, 2.05) is 117 Å². The zero-order valence-corrected chi connectivity index (χ0v) is 29.3. The van der Waals surface area contributed by atoms with E-state index in [0.717, 1.165) is 5.56 Å². The molecule has 5 aromatic rings. The standard InChI is InChI=1S/C39H41N5O5Si/c1-26-36(50(2,3)48)35(21-22-43-24-33(41-42-43)31(25-45)27-13-7-4-8-14-27)49-39(26)32-23-29(40-37(46)28-15-9-5-10-16-28)19-20-34(32)44(38(39)47)30-17-11-6-12-18-30/h4-20,23-24,26,31,35-36,45,48H,21-22,25H2,1-3H3,(H,40,46)/t26-,31?,35+,36-,39+/m1/s1. The molecule has 1 spiro atoms. The van der Waals surface area contributed by atoms with Crippen LogP contribution in [0.1, 0.15) is 46.4 Å². The Labute approximate surface area is 292 Å². The van der Waals surface area contributed by atoms with Gasteiger partial charge in [0.25, 0.3) is 11.8 Å². The number of para-hydroxylation sites is 1. The fourth-order valence-corrected chi connectivity index (χ4v) is 10.5. The molecule has 0 bridgehead atoms. The third kappa shape index (κ3) is 5.96. The zero-order valence-electron chi connectivity index (χ0n) is 28.3. The Balaban J connectivity index is 1.23. The predicted molar refractivity (Wildman–Crippen MR) is 194 cm³/mol. The smallest absolute Gasteiger partial charge is 0.268 e. The van der Waals surface area contributed by atoms with Crippen LogP contribution in [0.3, 0.4) is 0 Å².